The molecule has 1 heterocycles. The fraction of sp³-hybridized carbons (Fsp3) is 0.0833. The molecule has 0 saturated carbocycles. The average Bonchev–Trinajstić information content (AvgIpc) is 2.31. The number of para-hydroxylation sites is 1. The molecule has 0 radical (unpaired) electrons. The van der Waals surface area contributed by atoms with E-state index in [-0.39, 0.29) is 24.8 Å². The van der Waals surface area contributed by atoms with Crippen LogP contribution in [-0.2, 0) is 6.54 Å². The van der Waals surface area contributed by atoms with E-state index in [0.717, 1.165) is 11.3 Å². The van der Waals surface area contributed by atoms with Crippen LogP contribution in [0.3, 0.4) is 0 Å². The number of benzene rings is 1. The Morgan fingerprint density at radius 2 is 1.76 bits per heavy atom. The second kappa shape index (κ2) is 7.90. The van der Waals surface area contributed by atoms with Crippen LogP contribution in [0.2, 0.25) is 0 Å². The number of hydrogen-bond acceptors (Lipinski definition) is 3. The van der Waals surface area contributed by atoms with E-state index in [9.17, 15) is 0 Å². The van der Waals surface area contributed by atoms with Crippen LogP contribution in [0.1, 0.15) is 5.56 Å². The van der Waals surface area contributed by atoms with Crippen molar-refractivity contribution in [2.45, 2.75) is 6.54 Å². The van der Waals surface area contributed by atoms with Crippen LogP contribution >= 0.6 is 24.8 Å². The Morgan fingerprint density at radius 3 is 2.41 bits per heavy atom. The Bertz CT molecular complexity index is 438. The molecule has 0 bridgehead atoms. The van der Waals surface area contributed by atoms with E-state index in [0.29, 0.717) is 12.4 Å². The first kappa shape index (κ1) is 15.7. The number of halogens is 2. The third-order valence-electron chi connectivity index (χ3n) is 2.00. The third kappa shape index (κ3) is 4.61. The molecule has 0 aliphatic heterocycles. The van der Waals surface area contributed by atoms with Crippen molar-refractivity contribution in [1.82, 2.24) is 4.98 Å². The van der Waals surface area contributed by atoms with E-state index in [1.54, 1.807) is 6.20 Å². The topological polar surface area (TPSA) is 48.1 Å². The number of nitrogens with zero attached hydrogens (tertiary/aromatic N) is 1. The quantitative estimate of drug-likeness (QED) is 0.934. The molecule has 0 amide bonds. The number of pyridine rings is 1. The Balaban J connectivity index is 0.00000128. The lowest BCUT2D eigenvalue weighted by atomic mass is 10.3. The highest BCUT2D eigenvalue weighted by molar-refractivity contribution is 5.85. The number of hydrogen-bond donors (Lipinski definition) is 1. The summed E-state index contributed by atoms with van der Waals surface area (Å²) in [6, 6.07) is 13.3. The highest BCUT2D eigenvalue weighted by atomic mass is 35.5. The summed E-state index contributed by atoms with van der Waals surface area (Å²) in [4.78, 5) is 4.10. The van der Waals surface area contributed by atoms with E-state index < -0.39 is 0 Å². The second-order valence-corrected chi connectivity index (χ2v) is 3.12. The summed E-state index contributed by atoms with van der Waals surface area (Å²) >= 11 is 0. The maximum Gasteiger partial charge on any atom is 0.219 e. The molecule has 1 aromatic heterocycles. The molecule has 2 N–H and O–H groups in total. The number of aromatic nitrogens is 1. The van der Waals surface area contributed by atoms with Gasteiger partial charge in [0, 0.05) is 18.8 Å². The molecular formula is C12H14Cl2N2O. The molecule has 2 aromatic rings. The van der Waals surface area contributed by atoms with Crippen molar-refractivity contribution in [1.29, 1.82) is 0 Å². The van der Waals surface area contributed by atoms with Crippen molar-refractivity contribution in [3.05, 3.63) is 54.2 Å². The Hall–Kier alpha value is -1.29. The molecular weight excluding hydrogens is 259 g/mol. The smallest absolute Gasteiger partial charge is 0.219 e. The van der Waals surface area contributed by atoms with Gasteiger partial charge in [0.05, 0.1) is 0 Å². The maximum absolute atomic E-state index is 5.55. The van der Waals surface area contributed by atoms with Gasteiger partial charge in [-0.25, -0.2) is 4.98 Å². The van der Waals surface area contributed by atoms with Crippen LogP contribution in [0.4, 0.5) is 0 Å². The minimum Gasteiger partial charge on any atom is -0.439 e. The van der Waals surface area contributed by atoms with Crippen molar-refractivity contribution in [3.63, 3.8) is 0 Å². The molecule has 0 fully saturated rings. The molecule has 5 heteroatoms. The SMILES string of the molecule is Cl.Cl.NCc1ccnc(Oc2ccccc2)c1. The van der Waals surface area contributed by atoms with Crippen LogP contribution in [0.5, 0.6) is 11.6 Å². The lowest BCUT2D eigenvalue weighted by molar-refractivity contribution is 0.462. The van der Waals surface area contributed by atoms with E-state index >= 15 is 0 Å². The summed E-state index contributed by atoms with van der Waals surface area (Å²) in [7, 11) is 0. The van der Waals surface area contributed by atoms with Gasteiger partial charge in [-0.15, -0.1) is 24.8 Å². The molecule has 0 aliphatic carbocycles. The number of nitrogens with two attached hydrogens (primary N) is 1. The first-order valence-electron chi connectivity index (χ1n) is 4.76. The molecule has 17 heavy (non-hydrogen) atoms. The summed E-state index contributed by atoms with van der Waals surface area (Å²) in [6.07, 6.45) is 1.69. The van der Waals surface area contributed by atoms with E-state index in [2.05, 4.69) is 4.98 Å². The highest BCUT2D eigenvalue weighted by Crippen LogP contribution is 2.18. The van der Waals surface area contributed by atoms with Gasteiger partial charge in [-0.05, 0) is 23.8 Å². The van der Waals surface area contributed by atoms with Crippen molar-refractivity contribution in [2.24, 2.45) is 5.73 Å². The lowest BCUT2D eigenvalue weighted by Gasteiger charge is -2.04. The molecule has 1 aromatic carbocycles. The maximum atomic E-state index is 5.55. The summed E-state index contributed by atoms with van der Waals surface area (Å²) in [5.74, 6) is 1.35. The van der Waals surface area contributed by atoms with Crippen LogP contribution < -0.4 is 10.5 Å². The van der Waals surface area contributed by atoms with Crippen LogP contribution in [0.25, 0.3) is 0 Å². The standard InChI is InChI=1S/C12H12N2O.2ClH/c13-9-10-6-7-14-12(8-10)15-11-4-2-1-3-5-11;;/h1-8H,9,13H2;2*1H. The zero-order valence-electron chi connectivity index (χ0n) is 9.08. The van der Waals surface area contributed by atoms with Gasteiger partial charge < -0.3 is 10.5 Å². The zero-order valence-corrected chi connectivity index (χ0v) is 10.7. The van der Waals surface area contributed by atoms with E-state index in [4.69, 9.17) is 10.5 Å². The van der Waals surface area contributed by atoms with Gasteiger partial charge in [0.2, 0.25) is 5.88 Å². The van der Waals surface area contributed by atoms with Gasteiger partial charge in [-0.1, -0.05) is 18.2 Å². The normalized spacial score (nSPS) is 8.76. The summed E-state index contributed by atoms with van der Waals surface area (Å²) in [5.41, 5.74) is 6.54. The molecule has 0 unspecified atom stereocenters. The van der Waals surface area contributed by atoms with Crippen molar-refractivity contribution >= 4 is 24.8 Å². The largest absolute Gasteiger partial charge is 0.439 e. The summed E-state index contributed by atoms with van der Waals surface area (Å²) in [5, 5.41) is 0. The van der Waals surface area contributed by atoms with Gasteiger partial charge in [0.1, 0.15) is 5.75 Å². The average molecular weight is 273 g/mol. The monoisotopic (exact) mass is 272 g/mol. The zero-order chi connectivity index (χ0) is 10.5. The summed E-state index contributed by atoms with van der Waals surface area (Å²) in [6.45, 7) is 0.494. The van der Waals surface area contributed by atoms with Crippen molar-refractivity contribution in [2.75, 3.05) is 0 Å². The molecule has 3 nitrogen and oxygen atoms in total. The third-order valence-corrected chi connectivity index (χ3v) is 2.00. The van der Waals surface area contributed by atoms with Crippen molar-refractivity contribution < 1.29 is 4.74 Å². The number of rotatable bonds is 3. The minimum absolute atomic E-state index is 0. The predicted octanol–water partition coefficient (Wildman–Crippen LogP) is 3.18. The van der Waals surface area contributed by atoms with Crippen LogP contribution in [0, 0.1) is 0 Å². The fourth-order valence-corrected chi connectivity index (χ4v) is 1.24. The fourth-order valence-electron chi connectivity index (χ4n) is 1.24. The second-order valence-electron chi connectivity index (χ2n) is 3.12. The highest BCUT2D eigenvalue weighted by Gasteiger charge is 1.98. The molecule has 0 spiro atoms. The lowest BCUT2D eigenvalue weighted by Crippen LogP contribution is -1.97. The molecule has 0 saturated heterocycles. The van der Waals surface area contributed by atoms with Gasteiger partial charge in [0.25, 0.3) is 0 Å². The van der Waals surface area contributed by atoms with Crippen LogP contribution in [-0.4, -0.2) is 4.98 Å². The van der Waals surface area contributed by atoms with Crippen molar-refractivity contribution in [3.8, 4) is 11.6 Å². The van der Waals surface area contributed by atoms with Gasteiger partial charge >= 0.3 is 0 Å². The van der Waals surface area contributed by atoms with Gasteiger partial charge in [0.15, 0.2) is 0 Å². The number of ether oxygens (including phenoxy) is 1. The Kier molecular flexibility index (Phi) is 7.30. The molecule has 0 atom stereocenters. The van der Waals surface area contributed by atoms with Gasteiger partial charge in [-0.3, -0.25) is 0 Å². The Morgan fingerprint density at radius 1 is 1.06 bits per heavy atom. The summed E-state index contributed by atoms with van der Waals surface area (Å²) < 4.78 is 5.55. The molecule has 0 aliphatic rings. The molecule has 2 rings (SSSR count). The first-order chi connectivity index (χ1) is 7.38. The molecule has 92 valence electrons. The Labute approximate surface area is 113 Å². The van der Waals surface area contributed by atoms with Crippen LogP contribution in [0.15, 0.2) is 48.7 Å². The minimum atomic E-state index is 0. The first-order valence-corrected chi connectivity index (χ1v) is 4.76. The predicted molar refractivity (Wildman–Crippen MR) is 73.1 cm³/mol. The van der Waals surface area contributed by atoms with E-state index in [1.807, 2.05) is 42.5 Å². The van der Waals surface area contributed by atoms with Gasteiger partial charge in [-0.2, -0.15) is 0 Å². The van der Waals surface area contributed by atoms with E-state index in [1.165, 1.54) is 0 Å².